The molecular formula is C64H105NO22P2. The van der Waals surface area contributed by atoms with Crippen molar-refractivity contribution in [3.8, 4) is 28.2 Å². The molecule has 2 aromatic rings. The number of unbranched alkanes of at least 4 members (excludes halogenated alkanes) is 12. The number of aliphatic hydroxyl groups excluding tert-OH is 4. The number of phenolic OH excluding ortho intramolecular Hbond substituents is 1. The maximum atomic E-state index is 13.1. The number of carbonyl (C=O) groups is 4. The van der Waals surface area contributed by atoms with Crippen molar-refractivity contribution >= 4 is 50.4 Å². The van der Waals surface area contributed by atoms with Crippen molar-refractivity contribution in [2.45, 2.75) is 247 Å². The number of phosphoric acid groups is 2. The van der Waals surface area contributed by atoms with E-state index in [0.29, 0.717) is 55.0 Å². The number of benzene rings is 3. The van der Waals surface area contributed by atoms with Crippen LogP contribution in [0.15, 0.2) is 63.8 Å². The van der Waals surface area contributed by atoms with Gasteiger partial charge in [0, 0.05) is 53.6 Å². The Hall–Kier alpha value is -5.13. The summed E-state index contributed by atoms with van der Waals surface area (Å²) >= 11 is 0. The zero-order valence-electron chi connectivity index (χ0n) is 54.2. The topological polar surface area (TPSA) is 373 Å². The first kappa shape index (κ1) is 83.9. The average molecular weight is 1300 g/mol. The standard InChI is InChI=1S/C46H59NO22P2.4C4H10.C2H6/c1-2-3-4-6-10-13-37(51)66-29(25-65-71(62,63)69-44-41(54)39(52)43(40(53)42(44)55)68-70(59,60)61)24-64-36(50)12-9-7-5-8-11-20-47-45(56)26-14-17-30(33(21-26)46(57)58)38-31-18-15-27(48)22-34(31)67-35-23-28(49)16-19-32(35)38;4*1-3-4-2;1-2/h14-19,21-23,29,39-44,48,52-55H,2-13,20,24-25H2,1H3,(H,47,56)(H,57,58)(H,62,63)(H2,59,60,61);4*3-4H2,1-2H3;1-2H3/t29-,39-,40+,41-,42-,43?,44?;;;;;/m1...../s1. The van der Waals surface area contributed by atoms with Gasteiger partial charge in [-0.15, -0.1) is 0 Å². The van der Waals surface area contributed by atoms with E-state index in [1.54, 1.807) is 6.07 Å². The molecular weight excluding hydrogens is 1200 g/mol. The number of phenols is 1. The lowest BCUT2D eigenvalue weighted by Gasteiger charge is -2.43. The molecule has 1 fully saturated rings. The van der Waals surface area contributed by atoms with Gasteiger partial charge in [0.1, 0.15) is 60.3 Å². The average Bonchev–Trinajstić information content (AvgIpc) is 0.959. The fourth-order valence-electron chi connectivity index (χ4n) is 7.90. The highest BCUT2D eigenvalue weighted by molar-refractivity contribution is 7.47. The van der Waals surface area contributed by atoms with Gasteiger partial charge in [0.05, 0.1) is 12.2 Å². The van der Waals surface area contributed by atoms with Crippen LogP contribution in [-0.2, 0) is 41.8 Å². The van der Waals surface area contributed by atoms with E-state index >= 15 is 0 Å². The summed E-state index contributed by atoms with van der Waals surface area (Å²) < 4.78 is 54.6. The fourth-order valence-corrected chi connectivity index (χ4v) is 9.44. The minimum absolute atomic E-state index is 0.0279. The number of hydrogen-bond acceptors (Lipinski definition) is 18. The Bertz CT molecular complexity index is 2710. The number of hydrogen-bond donors (Lipinski definition) is 10. The zero-order valence-corrected chi connectivity index (χ0v) is 56.0. The van der Waals surface area contributed by atoms with Crippen LogP contribution in [0.3, 0.4) is 0 Å². The maximum absolute atomic E-state index is 13.1. The summed E-state index contributed by atoms with van der Waals surface area (Å²) in [7, 11) is -10.7. The molecule has 0 radical (unpaired) electrons. The van der Waals surface area contributed by atoms with Gasteiger partial charge in [-0.2, -0.15) is 0 Å². The van der Waals surface area contributed by atoms with Gasteiger partial charge in [0.15, 0.2) is 11.5 Å². The predicted molar refractivity (Wildman–Crippen MR) is 343 cm³/mol. The van der Waals surface area contributed by atoms with Gasteiger partial charge in [-0.05, 0) is 61.2 Å². The highest BCUT2D eigenvalue weighted by Crippen LogP contribution is 2.49. The molecule has 5 rings (SSSR count). The van der Waals surface area contributed by atoms with Gasteiger partial charge in [0.2, 0.25) is 0 Å². The molecule has 10 N–H and O–H groups in total. The van der Waals surface area contributed by atoms with E-state index in [4.69, 9.17) is 32.7 Å². The van der Waals surface area contributed by atoms with E-state index in [1.807, 2.05) is 20.8 Å². The van der Waals surface area contributed by atoms with Crippen LogP contribution in [0.1, 0.15) is 225 Å². The van der Waals surface area contributed by atoms with Crippen molar-refractivity contribution in [2.75, 3.05) is 19.8 Å². The number of aromatic hydroxyl groups is 1. The third kappa shape index (κ3) is 32.6. The highest BCUT2D eigenvalue weighted by Gasteiger charge is 2.54. The Kier molecular flexibility index (Phi) is 44.2. The van der Waals surface area contributed by atoms with Crippen molar-refractivity contribution in [3.05, 3.63) is 75.9 Å². The Morgan fingerprint density at radius 3 is 1.60 bits per heavy atom. The summed E-state index contributed by atoms with van der Waals surface area (Å²) in [5.74, 6) is -3.16. The van der Waals surface area contributed by atoms with E-state index in [0.717, 1.165) is 25.7 Å². The molecule has 0 bridgehead atoms. The van der Waals surface area contributed by atoms with Crippen LogP contribution in [0, 0.1) is 0 Å². The third-order valence-electron chi connectivity index (χ3n) is 13.5. The lowest BCUT2D eigenvalue weighted by molar-refractivity contribution is -0.216. The third-order valence-corrected chi connectivity index (χ3v) is 15.0. The molecule has 3 aliphatic rings. The van der Waals surface area contributed by atoms with E-state index in [2.05, 4.69) is 65.2 Å². The SMILES string of the molecule is CC.CCCC.CCCC.CCCC.CCCC.CCCCCCCC(=O)O[C@H](COC(=O)CCCCCCCNC(=O)c1ccc(-c2c3ccc(=O)cc-3oc3cc(O)ccc23)c(C(=O)O)c1)COP(=O)(O)OC1[C@H](O)[C@H](O)C(OP(=O)(O)O)[C@H](O)[C@H]1O. The van der Waals surface area contributed by atoms with Gasteiger partial charge < -0.3 is 64.5 Å². The van der Waals surface area contributed by atoms with Crippen molar-refractivity contribution in [1.82, 2.24) is 5.32 Å². The maximum Gasteiger partial charge on any atom is 0.472 e. The molecule has 1 saturated carbocycles. The van der Waals surface area contributed by atoms with E-state index in [-0.39, 0.29) is 58.6 Å². The number of nitrogens with one attached hydrogen (secondary N) is 1. The van der Waals surface area contributed by atoms with Crippen LogP contribution >= 0.6 is 15.6 Å². The molecule has 0 aromatic heterocycles. The highest BCUT2D eigenvalue weighted by atomic mass is 31.2. The van der Waals surface area contributed by atoms with Crippen LogP contribution in [0.25, 0.3) is 33.4 Å². The molecule has 8 atom stereocenters. The Morgan fingerprint density at radius 2 is 1.08 bits per heavy atom. The fraction of sp³-hybridized carbons (Fsp3) is 0.641. The first-order valence-electron chi connectivity index (χ1n) is 31.6. The molecule has 3 unspecified atom stereocenters. The van der Waals surface area contributed by atoms with Gasteiger partial charge in [-0.25, -0.2) is 13.9 Å². The first-order chi connectivity index (χ1) is 42.2. The van der Waals surface area contributed by atoms with Gasteiger partial charge in [-0.3, -0.25) is 32.7 Å². The monoisotopic (exact) mass is 1300 g/mol. The number of esters is 2. The number of carbonyl (C=O) groups excluding carboxylic acids is 3. The van der Waals surface area contributed by atoms with Crippen molar-refractivity contribution in [2.24, 2.45) is 0 Å². The number of carboxylic acids is 1. The van der Waals surface area contributed by atoms with Gasteiger partial charge in [-0.1, -0.05) is 179 Å². The van der Waals surface area contributed by atoms with Gasteiger partial charge >= 0.3 is 33.6 Å². The first-order valence-corrected chi connectivity index (χ1v) is 34.6. The normalized spacial score (nSPS) is 17.8. The minimum Gasteiger partial charge on any atom is -0.508 e. The Balaban J connectivity index is 0.00000380. The summed E-state index contributed by atoms with van der Waals surface area (Å²) in [6.07, 6.45) is 2.09. The molecule has 1 heterocycles. The number of fused-ring (bicyclic) bond motifs is 2. The van der Waals surface area contributed by atoms with E-state index < -0.39 is 95.4 Å². The van der Waals surface area contributed by atoms with Crippen LogP contribution in [-0.4, -0.2) is 132 Å². The Labute approximate surface area is 526 Å². The van der Waals surface area contributed by atoms with E-state index in [1.165, 1.54) is 99.9 Å². The second-order valence-electron chi connectivity index (χ2n) is 21.0. The number of aliphatic hydroxyl groups is 4. The summed E-state index contributed by atoms with van der Waals surface area (Å²) in [5.41, 5.74) is 0.949. The number of carboxylic acid groups (broad SMARTS) is 1. The minimum atomic E-state index is -5.35. The predicted octanol–water partition coefficient (Wildman–Crippen LogP) is 12.5. The number of phosphoric ester groups is 2. The molecule has 2 aliphatic carbocycles. The summed E-state index contributed by atoms with van der Waals surface area (Å²) in [5, 5.41) is 64.9. The number of ether oxygens (including phenoxy) is 2. The molecule has 25 heteroatoms. The van der Waals surface area contributed by atoms with Crippen LogP contribution in [0.2, 0.25) is 0 Å². The molecule has 1 aliphatic heterocycles. The molecule has 1 amide bonds. The molecule has 0 saturated heterocycles. The summed E-state index contributed by atoms with van der Waals surface area (Å²) in [4.78, 5) is 91.7. The second-order valence-corrected chi connectivity index (χ2v) is 23.6. The van der Waals surface area contributed by atoms with Crippen molar-refractivity contribution in [3.63, 3.8) is 0 Å². The Morgan fingerprint density at radius 1 is 0.584 bits per heavy atom. The van der Waals surface area contributed by atoms with Crippen molar-refractivity contribution in [1.29, 1.82) is 0 Å². The zero-order chi connectivity index (χ0) is 67.7. The molecule has 23 nitrogen and oxygen atoms in total. The van der Waals surface area contributed by atoms with E-state index in [9.17, 15) is 68.6 Å². The quantitative estimate of drug-likeness (QED) is 0.00968. The lowest BCUT2D eigenvalue weighted by Crippen LogP contribution is -2.64. The smallest absolute Gasteiger partial charge is 0.472 e. The number of aromatic carboxylic acids is 1. The molecule has 89 heavy (non-hydrogen) atoms. The number of amides is 1. The lowest BCUT2D eigenvalue weighted by atomic mass is 9.85. The van der Waals surface area contributed by atoms with Crippen molar-refractivity contribution < 1.29 is 101 Å². The van der Waals surface area contributed by atoms with Crippen LogP contribution in [0.4, 0.5) is 0 Å². The van der Waals surface area contributed by atoms with Crippen LogP contribution < -0.4 is 10.7 Å². The largest absolute Gasteiger partial charge is 0.508 e. The molecule has 2 aromatic carbocycles. The van der Waals surface area contributed by atoms with Crippen LogP contribution in [0.5, 0.6) is 5.75 Å². The molecule has 508 valence electrons. The summed E-state index contributed by atoms with van der Waals surface area (Å²) in [6.45, 7) is 22.2. The number of rotatable bonds is 31. The summed E-state index contributed by atoms with van der Waals surface area (Å²) in [6, 6.07) is 12.7. The second kappa shape index (κ2) is 46.9. The molecule has 0 spiro atoms. The van der Waals surface area contributed by atoms with Gasteiger partial charge in [0.25, 0.3) is 5.91 Å².